The van der Waals surface area contributed by atoms with Crippen LogP contribution in [-0.2, 0) is 0 Å². The molecule has 2 saturated heterocycles. The molecule has 3 fully saturated rings. The summed E-state index contributed by atoms with van der Waals surface area (Å²) in [5.41, 5.74) is -0.328. The van der Waals surface area contributed by atoms with Crippen LogP contribution >= 0.6 is 0 Å². The van der Waals surface area contributed by atoms with E-state index in [1.54, 1.807) is 0 Å². The predicted octanol–water partition coefficient (Wildman–Crippen LogP) is 2.86. The first kappa shape index (κ1) is 17.6. The third-order valence-electron chi connectivity index (χ3n) is 6.03. The molecule has 0 radical (unpaired) electrons. The van der Waals surface area contributed by atoms with Crippen molar-refractivity contribution in [1.82, 2.24) is 14.7 Å². The topological polar surface area (TPSA) is 9.72 Å². The zero-order chi connectivity index (χ0) is 16.7. The van der Waals surface area contributed by atoms with Gasteiger partial charge in [0.15, 0.2) is 0 Å². The number of hydrogen-bond donors (Lipinski definition) is 0. The van der Waals surface area contributed by atoms with E-state index in [1.807, 2.05) is 0 Å². The van der Waals surface area contributed by atoms with Crippen molar-refractivity contribution in [1.29, 1.82) is 0 Å². The molecule has 1 saturated carbocycles. The lowest BCUT2D eigenvalue weighted by molar-refractivity contribution is -0.0737. The summed E-state index contributed by atoms with van der Waals surface area (Å²) in [6, 6.07) is 0.478. The van der Waals surface area contributed by atoms with Crippen LogP contribution in [0.25, 0.3) is 0 Å². The summed E-state index contributed by atoms with van der Waals surface area (Å²) in [7, 11) is 0. The van der Waals surface area contributed by atoms with Crippen LogP contribution in [0.2, 0.25) is 0 Å². The van der Waals surface area contributed by atoms with E-state index < -0.39 is 5.67 Å². The fourth-order valence-electron chi connectivity index (χ4n) is 4.60. The molecule has 3 rings (SSSR count). The van der Waals surface area contributed by atoms with E-state index in [1.165, 1.54) is 25.8 Å². The molecule has 1 aliphatic carbocycles. The van der Waals surface area contributed by atoms with E-state index in [9.17, 15) is 4.39 Å². The Morgan fingerprint density at radius 2 is 1.39 bits per heavy atom. The highest BCUT2D eigenvalue weighted by atomic mass is 19.1. The van der Waals surface area contributed by atoms with Crippen LogP contribution in [0.4, 0.5) is 4.39 Å². The molecule has 23 heavy (non-hydrogen) atoms. The molecule has 4 heteroatoms. The lowest BCUT2D eigenvalue weighted by Gasteiger charge is -2.49. The van der Waals surface area contributed by atoms with Crippen molar-refractivity contribution in [3.8, 4) is 0 Å². The fourth-order valence-corrected chi connectivity index (χ4v) is 4.60. The monoisotopic (exact) mass is 325 g/mol. The third-order valence-corrected chi connectivity index (χ3v) is 6.03. The zero-order valence-electron chi connectivity index (χ0n) is 15.7. The van der Waals surface area contributed by atoms with E-state index >= 15 is 0 Å². The number of likely N-dealkylation sites (tertiary alicyclic amines) is 1. The van der Waals surface area contributed by atoms with Gasteiger partial charge in [-0.2, -0.15) is 0 Å². The Labute approximate surface area is 142 Å². The maximum Gasteiger partial charge on any atom is 0.148 e. The minimum absolute atomic E-state index is 0.478. The van der Waals surface area contributed by atoms with Gasteiger partial charge in [0.25, 0.3) is 0 Å². The van der Waals surface area contributed by atoms with Crippen molar-refractivity contribution in [3.05, 3.63) is 0 Å². The molecular weight excluding hydrogens is 289 g/mol. The maximum atomic E-state index is 14.7. The van der Waals surface area contributed by atoms with Crippen molar-refractivity contribution in [2.75, 3.05) is 52.4 Å². The summed E-state index contributed by atoms with van der Waals surface area (Å²) in [6.45, 7) is 16.5. The first-order valence-corrected chi connectivity index (χ1v) is 9.67. The van der Waals surface area contributed by atoms with Crippen LogP contribution in [-0.4, -0.2) is 78.8 Å². The van der Waals surface area contributed by atoms with E-state index in [4.69, 9.17) is 0 Å². The SMILES string of the molecule is CC(C)CC1(CN2CCN(CC3(F)CN(C(C)C)C3)CC2)CC1. The molecule has 0 unspecified atom stereocenters. The Hall–Kier alpha value is -0.190. The summed E-state index contributed by atoms with van der Waals surface area (Å²) < 4.78 is 14.7. The largest absolute Gasteiger partial charge is 0.300 e. The molecule has 0 bridgehead atoms. The van der Waals surface area contributed by atoms with Gasteiger partial charge in [-0.15, -0.1) is 0 Å². The number of piperazine rings is 1. The summed E-state index contributed by atoms with van der Waals surface area (Å²) in [6.07, 6.45) is 4.22. The number of alkyl halides is 1. The molecule has 2 aliphatic heterocycles. The van der Waals surface area contributed by atoms with Gasteiger partial charge in [0.05, 0.1) is 0 Å². The highest BCUT2D eigenvalue weighted by molar-refractivity contribution is 5.00. The van der Waals surface area contributed by atoms with E-state index in [-0.39, 0.29) is 0 Å². The molecule has 0 aromatic heterocycles. The smallest absolute Gasteiger partial charge is 0.148 e. The number of hydrogen-bond acceptors (Lipinski definition) is 3. The highest BCUT2D eigenvalue weighted by Gasteiger charge is 2.47. The van der Waals surface area contributed by atoms with E-state index in [0.717, 1.165) is 32.1 Å². The second-order valence-electron chi connectivity index (χ2n) is 9.30. The van der Waals surface area contributed by atoms with Crippen LogP contribution in [0, 0.1) is 11.3 Å². The molecule has 0 amide bonds. The molecule has 3 nitrogen and oxygen atoms in total. The normalized spacial score (nSPS) is 28.3. The van der Waals surface area contributed by atoms with Gasteiger partial charge >= 0.3 is 0 Å². The van der Waals surface area contributed by atoms with Gasteiger partial charge in [-0.05, 0) is 44.4 Å². The molecule has 0 aromatic rings. The summed E-state index contributed by atoms with van der Waals surface area (Å²) in [4.78, 5) is 7.23. The third kappa shape index (κ3) is 4.46. The molecule has 0 aromatic carbocycles. The van der Waals surface area contributed by atoms with Crippen LogP contribution in [0.5, 0.6) is 0 Å². The van der Waals surface area contributed by atoms with Gasteiger partial charge < -0.3 is 4.90 Å². The molecular formula is C19H36FN3. The van der Waals surface area contributed by atoms with Crippen molar-refractivity contribution in [3.63, 3.8) is 0 Å². The zero-order valence-corrected chi connectivity index (χ0v) is 15.7. The minimum atomic E-state index is -0.957. The maximum absolute atomic E-state index is 14.7. The van der Waals surface area contributed by atoms with Gasteiger partial charge in [0.2, 0.25) is 0 Å². The van der Waals surface area contributed by atoms with Crippen molar-refractivity contribution in [2.24, 2.45) is 11.3 Å². The first-order valence-electron chi connectivity index (χ1n) is 9.67. The molecule has 3 aliphatic rings. The summed E-state index contributed by atoms with van der Waals surface area (Å²) in [5, 5.41) is 0. The van der Waals surface area contributed by atoms with E-state index in [2.05, 4.69) is 42.4 Å². The molecule has 2 heterocycles. The number of halogens is 1. The highest BCUT2D eigenvalue weighted by Crippen LogP contribution is 2.51. The summed E-state index contributed by atoms with van der Waals surface area (Å²) in [5.74, 6) is 0.813. The Morgan fingerprint density at radius 1 is 0.870 bits per heavy atom. The second kappa shape index (κ2) is 6.61. The molecule has 0 N–H and O–H groups in total. The van der Waals surface area contributed by atoms with Crippen molar-refractivity contribution < 1.29 is 4.39 Å². The fraction of sp³-hybridized carbons (Fsp3) is 1.00. The average Bonchev–Trinajstić information content (AvgIpc) is 3.16. The Bertz CT molecular complexity index is 391. The standard InChI is InChI=1S/C19H36FN3/c1-16(2)11-18(5-6-18)12-21-7-9-22(10-8-21)13-19(20)14-23(15-19)17(3)4/h16-17H,5-15H2,1-4H3. The Morgan fingerprint density at radius 3 is 1.83 bits per heavy atom. The first-order chi connectivity index (χ1) is 10.8. The van der Waals surface area contributed by atoms with Gasteiger partial charge in [0.1, 0.15) is 5.67 Å². The lowest BCUT2D eigenvalue weighted by atomic mass is 9.92. The van der Waals surface area contributed by atoms with Crippen LogP contribution in [0.15, 0.2) is 0 Å². The molecule has 0 atom stereocenters. The van der Waals surface area contributed by atoms with Crippen LogP contribution in [0.1, 0.15) is 47.0 Å². The average molecular weight is 326 g/mol. The van der Waals surface area contributed by atoms with Crippen molar-refractivity contribution >= 4 is 0 Å². The van der Waals surface area contributed by atoms with E-state index in [0.29, 0.717) is 31.1 Å². The lowest BCUT2D eigenvalue weighted by Crippen LogP contribution is -2.66. The second-order valence-corrected chi connectivity index (χ2v) is 9.30. The Balaban J connectivity index is 1.38. The quantitative estimate of drug-likeness (QED) is 0.713. The van der Waals surface area contributed by atoms with Gasteiger partial charge in [0, 0.05) is 58.4 Å². The van der Waals surface area contributed by atoms with Gasteiger partial charge in [-0.1, -0.05) is 13.8 Å². The van der Waals surface area contributed by atoms with Crippen LogP contribution < -0.4 is 0 Å². The van der Waals surface area contributed by atoms with Gasteiger partial charge in [-0.25, -0.2) is 4.39 Å². The summed E-state index contributed by atoms with van der Waals surface area (Å²) >= 11 is 0. The van der Waals surface area contributed by atoms with Crippen molar-refractivity contribution in [2.45, 2.75) is 58.7 Å². The minimum Gasteiger partial charge on any atom is -0.300 e. The van der Waals surface area contributed by atoms with Gasteiger partial charge in [-0.3, -0.25) is 9.80 Å². The Kier molecular flexibility index (Phi) is 5.06. The molecule has 134 valence electrons. The van der Waals surface area contributed by atoms with Crippen LogP contribution in [0.3, 0.4) is 0 Å². The predicted molar refractivity (Wildman–Crippen MR) is 94.6 cm³/mol. The molecule has 0 spiro atoms. The number of nitrogens with zero attached hydrogens (tertiary/aromatic N) is 3. The number of rotatable bonds is 7.